The van der Waals surface area contributed by atoms with Crippen LogP contribution in [0.15, 0.2) is 0 Å². The number of ether oxygens (including phenoxy) is 3. The van der Waals surface area contributed by atoms with Crippen LogP contribution in [0, 0.1) is 11.3 Å². The largest absolute Gasteiger partial charge is 0.469 e. The van der Waals surface area contributed by atoms with Gasteiger partial charge in [-0.1, -0.05) is 0 Å². The summed E-state index contributed by atoms with van der Waals surface area (Å²) in [5.74, 6) is -1.84. The number of fused-ring (bicyclic) bond motifs is 1. The summed E-state index contributed by atoms with van der Waals surface area (Å²) in [5, 5.41) is 2.71. The maximum absolute atomic E-state index is 12.9. The van der Waals surface area contributed by atoms with Gasteiger partial charge in [0.05, 0.1) is 18.4 Å². The molecule has 1 saturated carbocycles. The Morgan fingerprint density at radius 2 is 1.64 bits per heavy atom. The molecule has 0 radical (unpaired) electrons. The van der Waals surface area contributed by atoms with E-state index in [-0.39, 0.29) is 19.4 Å². The standard InChI is InChI=1S/C19H30N2O7/c1-17(2,3)27-15(24)20-11-8-12-13(22)21(16(25)28-18(4,5)6)10-19(12,9-11)14(23)26-7/h11-12H,8-10H2,1-7H3,(H,20,24). The number of likely N-dealkylation sites (tertiary alicyclic amines) is 1. The van der Waals surface area contributed by atoms with Gasteiger partial charge in [0.25, 0.3) is 0 Å². The fraction of sp³-hybridized carbons (Fsp3) is 0.789. The number of esters is 1. The van der Waals surface area contributed by atoms with Gasteiger partial charge in [-0.15, -0.1) is 0 Å². The lowest BCUT2D eigenvalue weighted by Gasteiger charge is -2.27. The first-order valence-electron chi connectivity index (χ1n) is 9.31. The minimum atomic E-state index is -1.21. The number of hydrogen-bond donors (Lipinski definition) is 1. The van der Waals surface area contributed by atoms with Gasteiger partial charge in [0.1, 0.15) is 11.2 Å². The quantitative estimate of drug-likeness (QED) is 0.561. The Kier molecular flexibility index (Phi) is 5.69. The highest BCUT2D eigenvalue weighted by atomic mass is 16.6. The molecule has 2 rings (SSSR count). The van der Waals surface area contributed by atoms with Gasteiger partial charge in [0.15, 0.2) is 0 Å². The van der Waals surface area contributed by atoms with E-state index in [4.69, 9.17) is 14.2 Å². The molecule has 0 aromatic rings. The third kappa shape index (κ3) is 4.56. The number of alkyl carbamates (subject to hydrolysis) is 1. The van der Waals surface area contributed by atoms with Crippen molar-refractivity contribution in [2.75, 3.05) is 13.7 Å². The molecule has 28 heavy (non-hydrogen) atoms. The molecule has 1 saturated heterocycles. The number of rotatable bonds is 2. The molecular weight excluding hydrogens is 368 g/mol. The van der Waals surface area contributed by atoms with Crippen molar-refractivity contribution in [1.29, 1.82) is 0 Å². The number of methoxy groups -OCH3 is 1. The van der Waals surface area contributed by atoms with E-state index in [1.165, 1.54) is 7.11 Å². The van der Waals surface area contributed by atoms with Crippen LogP contribution in [0.2, 0.25) is 0 Å². The van der Waals surface area contributed by atoms with E-state index >= 15 is 0 Å². The molecule has 9 nitrogen and oxygen atoms in total. The van der Waals surface area contributed by atoms with Crippen LogP contribution in [-0.2, 0) is 23.8 Å². The zero-order valence-electron chi connectivity index (χ0n) is 17.6. The Labute approximate surface area is 165 Å². The summed E-state index contributed by atoms with van der Waals surface area (Å²) >= 11 is 0. The van der Waals surface area contributed by atoms with Crippen molar-refractivity contribution >= 4 is 24.1 Å². The van der Waals surface area contributed by atoms with E-state index in [1.54, 1.807) is 41.5 Å². The van der Waals surface area contributed by atoms with Crippen LogP contribution in [-0.4, -0.2) is 59.9 Å². The maximum Gasteiger partial charge on any atom is 0.417 e. The average molecular weight is 398 g/mol. The first-order chi connectivity index (χ1) is 12.7. The summed E-state index contributed by atoms with van der Waals surface area (Å²) in [6.45, 7) is 10.2. The zero-order valence-corrected chi connectivity index (χ0v) is 17.6. The molecule has 158 valence electrons. The fourth-order valence-corrected chi connectivity index (χ4v) is 3.78. The molecule has 2 fully saturated rings. The van der Waals surface area contributed by atoms with E-state index in [1.807, 2.05) is 0 Å². The molecule has 0 aromatic heterocycles. The predicted molar refractivity (Wildman–Crippen MR) is 98.3 cm³/mol. The third-order valence-corrected chi connectivity index (χ3v) is 4.73. The minimum absolute atomic E-state index is 0.134. The highest BCUT2D eigenvalue weighted by Crippen LogP contribution is 2.50. The minimum Gasteiger partial charge on any atom is -0.469 e. The van der Waals surface area contributed by atoms with Crippen LogP contribution in [0.4, 0.5) is 9.59 Å². The molecule has 3 atom stereocenters. The lowest BCUT2D eigenvalue weighted by atomic mass is 9.80. The van der Waals surface area contributed by atoms with Crippen molar-refractivity contribution in [3.8, 4) is 0 Å². The van der Waals surface area contributed by atoms with Crippen LogP contribution >= 0.6 is 0 Å². The maximum atomic E-state index is 12.9. The van der Waals surface area contributed by atoms with Crippen molar-refractivity contribution < 1.29 is 33.4 Å². The number of nitrogens with zero attached hydrogens (tertiary/aromatic N) is 1. The number of imide groups is 1. The van der Waals surface area contributed by atoms with Crippen LogP contribution in [0.5, 0.6) is 0 Å². The number of amides is 3. The van der Waals surface area contributed by atoms with E-state index in [2.05, 4.69) is 5.32 Å². The molecule has 1 aliphatic heterocycles. The lowest BCUT2D eigenvalue weighted by molar-refractivity contribution is -0.154. The monoisotopic (exact) mass is 398 g/mol. The summed E-state index contributed by atoms with van der Waals surface area (Å²) in [7, 11) is 1.24. The van der Waals surface area contributed by atoms with Crippen molar-refractivity contribution in [3.63, 3.8) is 0 Å². The van der Waals surface area contributed by atoms with Crippen LogP contribution in [0.3, 0.4) is 0 Å². The summed E-state index contributed by atoms with van der Waals surface area (Å²) in [6.07, 6.45) is -1.01. The van der Waals surface area contributed by atoms with E-state index in [0.29, 0.717) is 0 Å². The first kappa shape index (κ1) is 22.0. The molecule has 1 N–H and O–H groups in total. The average Bonchev–Trinajstić information content (AvgIpc) is 2.98. The van der Waals surface area contributed by atoms with Gasteiger partial charge in [-0.05, 0) is 54.4 Å². The highest BCUT2D eigenvalue weighted by Gasteiger charge is 2.64. The Morgan fingerprint density at radius 1 is 1.07 bits per heavy atom. The molecule has 1 heterocycles. The van der Waals surface area contributed by atoms with E-state index in [9.17, 15) is 19.2 Å². The van der Waals surface area contributed by atoms with Gasteiger partial charge in [0, 0.05) is 12.6 Å². The molecule has 1 aliphatic carbocycles. The van der Waals surface area contributed by atoms with Gasteiger partial charge in [-0.3, -0.25) is 9.59 Å². The molecule has 3 amide bonds. The van der Waals surface area contributed by atoms with Crippen molar-refractivity contribution in [2.45, 2.75) is 71.6 Å². The number of hydrogen-bond acceptors (Lipinski definition) is 7. The van der Waals surface area contributed by atoms with Crippen molar-refractivity contribution in [2.24, 2.45) is 11.3 Å². The van der Waals surface area contributed by atoms with Crippen molar-refractivity contribution in [3.05, 3.63) is 0 Å². The van der Waals surface area contributed by atoms with E-state index < -0.39 is 52.6 Å². The summed E-state index contributed by atoms with van der Waals surface area (Å²) in [4.78, 5) is 50.9. The molecule has 0 aromatic carbocycles. The second-order valence-corrected chi connectivity index (χ2v) is 9.39. The Hall–Kier alpha value is -2.32. The van der Waals surface area contributed by atoms with Gasteiger partial charge in [-0.2, -0.15) is 0 Å². The van der Waals surface area contributed by atoms with Gasteiger partial charge in [0.2, 0.25) is 5.91 Å². The van der Waals surface area contributed by atoms with Crippen LogP contribution < -0.4 is 5.32 Å². The first-order valence-corrected chi connectivity index (χ1v) is 9.31. The lowest BCUT2D eigenvalue weighted by Crippen LogP contribution is -2.44. The third-order valence-electron chi connectivity index (χ3n) is 4.73. The molecule has 3 unspecified atom stereocenters. The van der Waals surface area contributed by atoms with E-state index in [0.717, 1.165) is 4.90 Å². The highest BCUT2D eigenvalue weighted by molar-refractivity contribution is 6.01. The number of carbonyl (C=O) groups excluding carboxylic acids is 4. The SMILES string of the molecule is COC(=O)C12CC(NC(=O)OC(C)(C)C)CC1C(=O)N(C(=O)OC(C)(C)C)C2. The topological polar surface area (TPSA) is 111 Å². The fourth-order valence-electron chi connectivity index (χ4n) is 3.78. The summed E-state index contributed by atoms with van der Waals surface area (Å²) in [6, 6.07) is -0.441. The second kappa shape index (κ2) is 7.25. The number of carbonyl (C=O) groups is 4. The van der Waals surface area contributed by atoms with Crippen molar-refractivity contribution in [1.82, 2.24) is 10.2 Å². The van der Waals surface area contributed by atoms with Crippen LogP contribution in [0.25, 0.3) is 0 Å². The smallest absolute Gasteiger partial charge is 0.417 e. The molecule has 0 bridgehead atoms. The molecule has 9 heteroatoms. The Bertz CT molecular complexity index is 677. The predicted octanol–water partition coefficient (Wildman–Crippen LogP) is 2.23. The van der Waals surface area contributed by atoms with Crippen LogP contribution in [0.1, 0.15) is 54.4 Å². The zero-order chi connectivity index (χ0) is 21.5. The Balaban J connectivity index is 2.18. The molecular formula is C19H30N2O7. The normalized spacial score (nSPS) is 27.2. The molecule has 0 spiro atoms. The van der Waals surface area contributed by atoms with Gasteiger partial charge >= 0.3 is 18.2 Å². The Morgan fingerprint density at radius 3 is 2.14 bits per heavy atom. The second-order valence-electron chi connectivity index (χ2n) is 9.39. The molecule has 2 aliphatic rings. The van der Waals surface area contributed by atoms with Gasteiger partial charge in [-0.25, -0.2) is 14.5 Å². The summed E-state index contributed by atoms with van der Waals surface area (Å²) < 4.78 is 15.5. The van der Waals surface area contributed by atoms with Gasteiger partial charge < -0.3 is 19.5 Å². The number of nitrogens with one attached hydrogen (secondary N) is 1. The summed E-state index contributed by atoms with van der Waals surface area (Å²) in [5.41, 5.74) is -2.64.